The van der Waals surface area contributed by atoms with Gasteiger partial charge in [0.1, 0.15) is 5.75 Å². The highest BCUT2D eigenvalue weighted by Crippen LogP contribution is 2.21. The van der Waals surface area contributed by atoms with Gasteiger partial charge in [0.2, 0.25) is 4.51 Å². The maximum Gasteiger partial charge on any atom is 0.354 e. The van der Waals surface area contributed by atoms with Crippen molar-refractivity contribution >= 4 is 21.9 Å². The highest BCUT2D eigenvalue weighted by atomic mass is 79.9. The van der Waals surface area contributed by atoms with Crippen LogP contribution in [0.1, 0.15) is 6.92 Å². The largest absolute Gasteiger partial charge is 0.424 e. The first-order chi connectivity index (χ1) is 6.56. The molecule has 3 nitrogen and oxygen atoms in total. The van der Waals surface area contributed by atoms with Crippen molar-refractivity contribution in [3.8, 4) is 5.75 Å². The van der Waals surface area contributed by atoms with Crippen LogP contribution in [0.5, 0.6) is 5.75 Å². The molecule has 0 saturated heterocycles. The van der Waals surface area contributed by atoms with Gasteiger partial charge in [-0.25, -0.2) is 4.79 Å². The Balaban J connectivity index is 2.67. The van der Waals surface area contributed by atoms with Crippen molar-refractivity contribution in [1.82, 2.24) is 0 Å². The van der Waals surface area contributed by atoms with E-state index in [-0.39, 0.29) is 0 Å². The third-order valence-electron chi connectivity index (χ3n) is 1.70. The second-order valence-electron chi connectivity index (χ2n) is 2.82. The lowest BCUT2D eigenvalue weighted by Gasteiger charge is -2.18. The van der Waals surface area contributed by atoms with Gasteiger partial charge >= 0.3 is 5.97 Å². The molecule has 0 aliphatic rings. The fourth-order valence-corrected chi connectivity index (χ4v) is 0.851. The van der Waals surface area contributed by atoms with Crippen LogP contribution < -0.4 is 4.74 Å². The minimum atomic E-state index is -1.09. The van der Waals surface area contributed by atoms with Gasteiger partial charge in [-0.3, -0.25) is 0 Å². The summed E-state index contributed by atoms with van der Waals surface area (Å²) in [5, 5.41) is 0. The molecule has 1 aromatic rings. The third-order valence-corrected chi connectivity index (χ3v) is 2.35. The van der Waals surface area contributed by atoms with E-state index in [1.54, 1.807) is 31.2 Å². The first-order valence-corrected chi connectivity index (χ1v) is 4.87. The number of halogens is 1. The molecule has 0 saturated carbocycles. The zero-order valence-corrected chi connectivity index (χ0v) is 9.58. The Morgan fingerprint density at radius 1 is 1.36 bits per heavy atom. The Bertz CT molecular complexity index is 308. The molecule has 0 heterocycles. The molecule has 1 rings (SSSR count). The molecule has 0 fully saturated rings. The number of alkyl halides is 1. The Hall–Kier alpha value is -0.870. The third kappa shape index (κ3) is 2.82. The molecule has 0 aliphatic heterocycles. The van der Waals surface area contributed by atoms with Crippen LogP contribution in [-0.2, 0) is 9.53 Å². The van der Waals surface area contributed by atoms with Crippen LogP contribution in [0.3, 0.4) is 0 Å². The van der Waals surface area contributed by atoms with Crippen molar-refractivity contribution in [3.63, 3.8) is 0 Å². The Labute approximate surface area is 91.1 Å². The molecule has 0 bridgehead atoms. The van der Waals surface area contributed by atoms with E-state index in [0.717, 1.165) is 0 Å². The highest BCUT2D eigenvalue weighted by molar-refractivity contribution is 9.10. The van der Waals surface area contributed by atoms with Crippen molar-refractivity contribution in [1.29, 1.82) is 0 Å². The topological polar surface area (TPSA) is 35.5 Å². The maximum absolute atomic E-state index is 11.5. The number of methoxy groups -OCH3 is 1. The van der Waals surface area contributed by atoms with Gasteiger partial charge in [-0.2, -0.15) is 0 Å². The summed E-state index contributed by atoms with van der Waals surface area (Å²) in [6.07, 6.45) is 0. The van der Waals surface area contributed by atoms with Crippen LogP contribution in [0.15, 0.2) is 30.3 Å². The molecule has 1 unspecified atom stereocenters. The van der Waals surface area contributed by atoms with E-state index in [2.05, 4.69) is 15.9 Å². The smallest absolute Gasteiger partial charge is 0.354 e. The van der Waals surface area contributed by atoms with Crippen molar-refractivity contribution in [2.75, 3.05) is 7.11 Å². The predicted molar refractivity (Wildman–Crippen MR) is 56.4 cm³/mol. The lowest BCUT2D eigenvalue weighted by Crippen LogP contribution is -2.34. The summed E-state index contributed by atoms with van der Waals surface area (Å²) in [5.41, 5.74) is 0. The zero-order valence-electron chi connectivity index (χ0n) is 7.99. The van der Waals surface area contributed by atoms with Crippen LogP contribution in [0.25, 0.3) is 0 Å². The second-order valence-corrected chi connectivity index (χ2v) is 4.34. The van der Waals surface area contributed by atoms with Crippen LogP contribution >= 0.6 is 15.9 Å². The monoisotopic (exact) mass is 258 g/mol. The zero-order chi connectivity index (χ0) is 10.6. The van der Waals surface area contributed by atoms with Crippen molar-refractivity contribution < 1.29 is 14.3 Å². The Kier molecular flexibility index (Phi) is 3.66. The SMILES string of the molecule is COC(C)(Br)C(=O)Oc1ccccc1. The summed E-state index contributed by atoms with van der Waals surface area (Å²) >= 11 is 3.11. The number of carbonyl (C=O) groups excluding carboxylic acids is 1. The van der Waals surface area contributed by atoms with Crippen molar-refractivity contribution in [3.05, 3.63) is 30.3 Å². The quantitative estimate of drug-likeness (QED) is 0.475. The minimum absolute atomic E-state index is 0.480. The number of hydrogen-bond acceptors (Lipinski definition) is 3. The van der Waals surface area contributed by atoms with E-state index in [4.69, 9.17) is 9.47 Å². The summed E-state index contributed by atoms with van der Waals surface area (Å²) < 4.78 is 8.88. The summed E-state index contributed by atoms with van der Waals surface area (Å²) in [5.74, 6) is 0.0198. The molecule has 1 atom stereocenters. The predicted octanol–water partition coefficient (Wildman–Crippen LogP) is 2.35. The molecule has 0 aromatic heterocycles. The first kappa shape index (κ1) is 11.2. The van der Waals surface area contributed by atoms with Gasteiger partial charge in [-0.05, 0) is 35.0 Å². The summed E-state index contributed by atoms with van der Waals surface area (Å²) in [4.78, 5) is 11.5. The number of hydrogen-bond donors (Lipinski definition) is 0. The molecular formula is C10H11BrO3. The molecule has 0 aliphatic carbocycles. The van der Waals surface area contributed by atoms with E-state index in [0.29, 0.717) is 5.75 Å². The van der Waals surface area contributed by atoms with E-state index in [1.807, 2.05) is 6.07 Å². The van der Waals surface area contributed by atoms with Gasteiger partial charge in [-0.15, -0.1) is 0 Å². The van der Waals surface area contributed by atoms with E-state index in [9.17, 15) is 4.79 Å². The number of benzene rings is 1. The molecule has 4 heteroatoms. The number of para-hydroxylation sites is 1. The van der Waals surface area contributed by atoms with Crippen molar-refractivity contribution in [2.45, 2.75) is 11.4 Å². The van der Waals surface area contributed by atoms with Gasteiger partial charge in [-0.1, -0.05) is 18.2 Å². The van der Waals surface area contributed by atoms with E-state index >= 15 is 0 Å². The molecule has 0 N–H and O–H groups in total. The van der Waals surface area contributed by atoms with Crippen molar-refractivity contribution in [2.24, 2.45) is 0 Å². The standard InChI is InChI=1S/C10H11BrO3/c1-10(11,13-2)9(12)14-8-6-4-3-5-7-8/h3-7H,1-2H3. The lowest BCUT2D eigenvalue weighted by molar-refractivity contribution is -0.146. The van der Waals surface area contributed by atoms with Crippen LogP contribution in [0, 0.1) is 0 Å². The van der Waals surface area contributed by atoms with Crippen LogP contribution in [0.4, 0.5) is 0 Å². The fraction of sp³-hybridized carbons (Fsp3) is 0.300. The number of carbonyl (C=O) groups is 1. The molecular weight excluding hydrogens is 248 g/mol. The number of ether oxygens (including phenoxy) is 2. The van der Waals surface area contributed by atoms with Gasteiger partial charge in [0, 0.05) is 7.11 Å². The average Bonchev–Trinajstić information content (AvgIpc) is 2.19. The summed E-state index contributed by atoms with van der Waals surface area (Å²) in [6, 6.07) is 8.84. The van der Waals surface area contributed by atoms with Crippen LogP contribution in [0.2, 0.25) is 0 Å². The molecule has 0 amide bonds. The lowest BCUT2D eigenvalue weighted by atomic mass is 10.3. The van der Waals surface area contributed by atoms with Gasteiger partial charge in [0.05, 0.1) is 0 Å². The molecule has 1 aromatic carbocycles. The van der Waals surface area contributed by atoms with Gasteiger partial charge in [0.25, 0.3) is 0 Å². The van der Waals surface area contributed by atoms with Gasteiger partial charge < -0.3 is 9.47 Å². The minimum Gasteiger partial charge on any atom is -0.424 e. The number of esters is 1. The number of rotatable bonds is 3. The highest BCUT2D eigenvalue weighted by Gasteiger charge is 2.31. The molecule has 14 heavy (non-hydrogen) atoms. The molecule has 76 valence electrons. The Morgan fingerprint density at radius 3 is 2.43 bits per heavy atom. The molecule has 0 radical (unpaired) electrons. The van der Waals surface area contributed by atoms with Crippen LogP contribution in [-0.4, -0.2) is 17.6 Å². The molecule has 0 spiro atoms. The second kappa shape index (κ2) is 4.57. The maximum atomic E-state index is 11.5. The van der Waals surface area contributed by atoms with E-state index in [1.165, 1.54) is 7.11 Å². The Morgan fingerprint density at radius 2 is 1.93 bits per heavy atom. The first-order valence-electron chi connectivity index (χ1n) is 4.07. The fourth-order valence-electron chi connectivity index (χ4n) is 0.770. The average molecular weight is 259 g/mol. The summed E-state index contributed by atoms with van der Waals surface area (Å²) in [7, 11) is 1.43. The van der Waals surface area contributed by atoms with E-state index < -0.39 is 10.5 Å². The normalized spacial score (nSPS) is 14.5. The van der Waals surface area contributed by atoms with Gasteiger partial charge in [0.15, 0.2) is 0 Å². The summed E-state index contributed by atoms with van der Waals surface area (Å²) in [6.45, 7) is 1.58.